The van der Waals surface area contributed by atoms with E-state index >= 15 is 0 Å². The molecule has 116 valence electrons. The first kappa shape index (κ1) is 15.1. The molecule has 3 nitrogen and oxygen atoms in total. The Balaban J connectivity index is 2.12. The predicted molar refractivity (Wildman–Crippen MR) is 77.2 cm³/mol. The van der Waals surface area contributed by atoms with Crippen LogP contribution in [0.2, 0.25) is 5.02 Å². The molecule has 1 heterocycles. The molecule has 0 saturated carbocycles. The minimum absolute atomic E-state index is 0.00777. The summed E-state index contributed by atoms with van der Waals surface area (Å²) < 4.78 is 40.5. The van der Waals surface area contributed by atoms with Crippen LogP contribution in [0.5, 0.6) is 0 Å². The van der Waals surface area contributed by atoms with Crippen LogP contribution in [0.4, 0.5) is 13.2 Å². The minimum Gasteiger partial charge on any atom is -0.288 e. The highest BCUT2D eigenvalue weighted by Gasteiger charge is 2.47. The van der Waals surface area contributed by atoms with Gasteiger partial charge in [0.2, 0.25) is 5.91 Å². The summed E-state index contributed by atoms with van der Waals surface area (Å²) in [6.45, 7) is -0.00777. The summed E-state index contributed by atoms with van der Waals surface area (Å²) in [4.78, 5) is 11.3. The maximum absolute atomic E-state index is 13.5. The van der Waals surface area contributed by atoms with Crippen molar-refractivity contribution in [3.05, 3.63) is 47.0 Å². The van der Waals surface area contributed by atoms with Crippen LogP contribution in [0.3, 0.4) is 0 Å². The van der Waals surface area contributed by atoms with E-state index in [0.717, 1.165) is 10.4 Å². The predicted octanol–water partition coefficient (Wildman–Crippen LogP) is 3.83. The first-order chi connectivity index (χ1) is 10.4. The van der Waals surface area contributed by atoms with Crippen LogP contribution in [-0.4, -0.2) is 23.6 Å². The third kappa shape index (κ3) is 2.64. The van der Waals surface area contributed by atoms with Crippen molar-refractivity contribution in [3.8, 4) is 0 Å². The van der Waals surface area contributed by atoms with Gasteiger partial charge in [-0.2, -0.15) is 13.2 Å². The average Bonchev–Trinajstić information content (AvgIpc) is 2.87. The highest BCUT2D eigenvalue weighted by atomic mass is 35.5. The highest BCUT2D eigenvalue weighted by Crippen LogP contribution is 2.42. The summed E-state index contributed by atoms with van der Waals surface area (Å²) in [6.07, 6.45) is -4.51. The molecule has 1 saturated heterocycles. The molecular weight excluding hydrogens is 317 g/mol. The maximum atomic E-state index is 13.5. The normalized spacial score (nSPS) is 17.7. The molecule has 1 aliphatic heterocycles. The SMILES string of the molecule is O=C1CCN(C(c2ccc3ccccc3c2Cl)C(F)(F)F)N1. The third-order valence-electron chi connectivity index (χ3n) is 3.66. The molecule has 3 rings (SSSR count). The molecule has 0 aliphatic carbocycles. The van der Waals surface area contributed by atoms with Crippen LogP contribution >= 0.6 is 11.6 Å². The number of hydrogen-bond acceptors (Lipinski definition) is 2. The van der Waals surface area contributed by atoms with Crippen molar-refractivity contribution < 1.29 is 18.0 Å². The first-order valence-electron chi connectivity index (χ1n) is 6.68. The maximum Gasteiger partial charge on any atom is 0.409 e. The second-order valence-corrected chi connectivity index (χ2v) is 5.49. The molecule has 0 aromatic heterocycles. The lowest BCUT2D eigenvalue weighted by molar-refractivity contribution is -0.190. The summed E-state index contributed by atoms with van der Waals surface area (Å²) in [5, 5.41) is 2.28. The molecule has 2 aromatic rings. The van der Waals surface area contributed by atoms with Crippen molar-refractivity contribution in [1.82, 2.24) is 10.4 Å². The van der Waals surface area contributed by atoms with Crippen molar-refractivity contribution in [2.75, 3.05) is 6.54 Å². The topological polar surface area (TPSA) is 32.3 Å². The van der Waals surface area contributed by atoms with E-state index in [1.165, 1.54) is 6.07 Å². The van der Waals surface area contributed by atoms with Gasteiger partial charge in [-0.15, -0.1) is 0 Å². The van der Waals surface area contributed by atoms with Gasteiger partial charge in [0.05, 0.1) is 5.02 Å². The Morgan fingerprint density at radius 3 is 2.55 bits per heavy atom. The number of carbonyl (C=O) groups is 1. The summed E-state index contributed by atoms with van der Waals surface area (Å²) in [5.74, 6) is -0.425. The molecule has 1 unspecified atom stereocenters. The van der Waals surface area contributed by atoms with Crippen molar-refractivity contribution in [2.24, 2.45) is 0 Å². The lowest BCUT2D eigenvalue weighted by Gasteiger charge is -2.30. The zero-order valence-corrected chi connectivity index (χ0v) is 12.1. The third-order valence-corrected chi connectivity index (χ3v) is 4.08. The number of hydrazine groups is 1. The van der Waals surface area contributed by atoms with Crippen molar-refractivity contribution in [2.45, 2.75) is 18.6 Å². The Kier molecular flexibility index (Phi) is 3.74. The van der Waals surface area contributed by atoms with Gasteiger partial charge in [-0.25, -0.2) is 5.01 Å². The molecule has 1 amide bonds. The second kappa shape index (κ2) is 5.44. The number of carbonyl (C=O) groups excluding carboxylic acids is 1. The van der Waals surface area contributed by atoms with E-state index in [1.807, 2.05) is 0 Å². The van der Waals surface area contributed by atoms with E-state index in [2.05, 4.69) is 5.43 Å². The van der Waals surface area contributed by atoms with Crippen LogP contribution in [0.25, 0.3) is 10.8 Å². The Bertz CT molecular complexity index is 732. The quantitative estimate of drug-likeness (QED) is 0.908. The molecule has 1 aliphatic rings. The summed E-state index contributed by atoms with van der Waals surface area (Å²) in [6, 6.07) is 7.98. The fourth-order valence-corrected chi connectivity index (χ4v) is 3.01. The van der Waals surface area contributed by atoms with Gasteiger partial charge >= 0.3 is 6.18 Å². The number of amides is 1. The molecule has 0 spiro atoms. The Morgan fingerprint density at radius 1 is 1.18 bits per heavy atom. The molecule has 1 N–H and O–H groups in total. The Morgan fingerprint density at radius 2 is 1.91 bits per heavy atom. The van der Waals surface area contributed by atoms with Crippen molar-refractivity contribution >= 4 is 28.3 Å². The number of halogens is 4. The van der Waals surface area contributed by atoms with E-state index < -0.39 is 18.1 Å². The van der Waals surface area contributed by atoms with Crippen molar-refractivity contribution in [1.29, 1.82) is 0 Å². The van der Waals surface area contributed by atoms with Crippen LogP contribution in [0.1, 0.15) is 18.0 Å². The first-order valence-corrected chi connectivity index (χ1v) is 7.05. The number of rotatable bonds is 2. The standard InChI is InChI=1S/C15H12ClF3N2O/c16-13-10-4-2-1-3-9(10)5-6-11(13)14(15(17,18)19)21-8-7-12(22)20-21/h1-6,14H,7-8H2,(H,20,22). The number of fused-ring (bicyclic) bond motifs is 1. The van der Waals surface area contributed by atoms with Gasteiger partial charge in [0.15, 0.2) is 6.04 Å². The summed E-state index contributed by atoms with van der Waals surface area (Å²) >= 11 is 6.22. The molecule has 0 radical (unpaired) electrons. The fraction of sp³-hybridized carbons (Fsp3) is 0.267. The van der Waals surface area contributed by atoms with Gasteiger partial charge in [0, 0.05) is 18.4 Å². The lowest BCUT2D eigenvalue weighted by Crippen LogP contribution is -2.43. The fourth-order valence-electron chi connectivity index (χ4n) is 2.67. The molecular formula is C15H12ClF3N2O. The number of hydrogen-bond donors (Lipinski definition) is 1. The van der Waals surface area contributed by atoms with Crippen LogP contribution in [0.15, 0.2) is 36.4 Å². The zero-order valence-electron chi connectivity index (χ0n) is 11.3. The zero-order chi connectivity index (χ0) is 15.9. The number of benzene rings is 2. The van der Waals surface area contributed by atoms with E-state index in [-0.39, 0.29) is 23.6 Å². The summed E-state index contributed by atoms with van der Waals surface area (Å²) in [5.41, 5.74) is 2.19. The molecule has 0 bridgehead atoms. The van der Waals surface area contributed by atoms with Gasteiger partial charge in [-0.05, 0) is 10.9 Å². The van der Waals surface area contributed by atoms with E-state index in [9.17, 15) is 18.0 Å². The number of nitrogens with zero attached hydrogens (tertiary/aromatic N) is 1. The van der Waals surface area contributed by atoms with Crippen molar-refractivity contribution in [3.63, 3.8) is 0 Å². The number of nitrogens with one attached hydrogen (secondary N) is 1. The van der Waals surface area contributed by atoms with Gasteiger partial charge in [-0.1, -0.05) is 48.0 Å². The average molecular weight is 329 g/mol. The second-order valence-electron chi connectivity index (χ2n) is 5.11. The molecule has 1 fully saturated rings. The molecule has 2 aromatic carbocycles. The Hall–Kier alpha value is -1.79. The van der Waals surface area contributed by atoms with Gasteiger partial charge in [0.1, 0.15) is 0 Å². The van der Waals surface area contributed by atoms with E-state index in [0.29, 0.717) is 5.39 Å². The smallest absolute Gasteiger partial charge is 0.288 e. The molecule has 7 heteroatoms. The van der Waals surface area contributed by atoms with Crippen LogP contribution < -0.4 is 5.43 Å². The monoisotopic (exact) mass is 328 g/mol. The molecule has 1 atom stereocenters. The van der Waals surface area contributed by atoms with Crippen LogP contribution in [-0.2, 0) is 4.79 Å². The molecule has 22 heavy (non-hydrogen) atoms. The van der Waals surface area contributed by atoms with E-state index in [4.69, 9.17) is 11.6 Å². The summed E-state index contributed by atoms with van der Waals surface area (Å²) in [7, 11) is 0. The minimum atomic E-state index is -4.55. The largest absolute Gasteiger partial charge is 0.409 e. The van der Waals surface area contributed by atoms with E-state index in [1.54, 1.807) is 30.3 Å². The van der Waals surface area contributed by atoms with Crippen LogP contribution in [0, 0.1) is 0 Å². The number of alkyl halides is 3. The van der Waals surface area contributed by atoms with Gasteiger partial charge in [-0.3, -0.25) is 10.2 Å². The Labute approximate surface area is 129 Å². The van der Waals surface area contributed by atoms with Gasteiger partial charge in [0.25, 0.3) is 0 Å². The lowest BCUT2D eigenvalue weighted by atomic mass is 10.0. The highest BCUT2D eigenvalue weighted by molar-refractivity contribution is 6.36. The van der Waals surface area contributed by atoms with Gasteiger partial charge < -0.3 is 0 Å².